The molecule has 1 aromatic heterocycles. The van der Waals surface area contributed by atoms with Crippen LogP contribution in [0.1, 0.15) is 12.5 Å². The Labute approximate surface area is 170 Å². The molecule has 0 aliphatic heterocycles. The Kier molecular flexibility index (Phi) is 5.81. The molecule has 30 heavy (non-hydrogen) atoms. The van der Waals surface area contributed by atoms with Gasteiger partial charge in [-0.2, -0.15) is 0 Å². The van der Waals surface area contributed by atoms with Gasteiger partial charge < -0.3 is 20.4 Å². The van der Waals surface area contributed by atoms with Crippen LogP contribution in [0.2, 0.25) is 0 Å². The standard InChI is InChI=1S/C19H19N5O6/c1-11(25)22-17-8-16(18(23(26)27)9-19(17)24(28)29)20-6-5-12-10-21-15-4-3-13(30-2)7-14(12)15/h3-4,7-10,20-21H,5-6H2,1-2H3,(H,22,25). The molecule has 11 heteroatoms. The van der Waals surface area contributed by atoms with Gasteiger partial charge in [0.1, 0.15) is 17.1 Å². The summed E-state index contributed by atoms with van der Waals surface area (Å²) in [6.45, 7) is 1.52. The summed E-state index contributed by atoms with van der Waals surface area (Å²) in [5.74, 6) is 0.188. The molecule has 3 N–H and O–H groups in total. The Hall–Kier alpha value is -4.15. The van der Waals surface area contributed by atoms with E-state index < -0.39 is 27.1 Å². The highest BCUT2D eigenvalue weighted by molar-refractivity contribution is 5.93. The van der Waals surface area contributed by atoms with Crippen LogP contribution in [0.3, 0.4) is 0 Å². The number of nitrogens with one attached hydrogen (secondary N) is 3. The third-order valence-corrected chi connectivity index (χ3v) is 4.50. The molecule has 3 rings (SSSR count). The van der Waals surface area contributed by atoms with Crippen LogP contribution < -0.4 is 15.4 Å². The summed E-state index contributed by atoms with van der Waals surface area (Å²) in [6.07, 6.45) is 2.37. The van der Waals surface area contributed by atoms with Gasteiger partial charge in [0.25, 0.3) is 11.4 Å². The average Bonchev–Trinajstić information content (AvgIpc) is 3.09. The highest BCUT2D eigenvalue weighted by atomic mass is 16.6. The van der Waals surface area contributed by atoms with Crippen molar-refractivity contribution in [3.8, 4) is 5.75 Å². The molecule has 0 aliphatic carbocycles. The number of hydrogen-bond donors (Lipinski definition) is 3. The normalized spacial score (nSPS) is 10.6. The summed E-state index contributed by atoms with van der Waals surface area (Å²) in [5.41, 5.74) is 0.870. The lowest BCUT2D eigenvalue weighted by molar-refractivity contribution is -0.393. The number of benzene rings is 2. The van der Waals surface area contributed by atoms with Gasteiger partial charge in [0.2, 0.25) is 5.91 Å². The van der Waals surface area contributed by atoms with Crippen LogP contribution in [0.4, 0.5) is 22.7 Å². The first-order valence-electron chi connectivity index (χ1n) is 8.92. The molecule has 0 radical (unpaired) electrons. The Morgan fingerprint density at radius 2 is 1.80 bits per heavy atom. The number of rotatable bonds is 8. The van der Waals surface area contributed by atoms with Crippen molar-refractivity contribution in [2.45, 2.75) is 13.3 Å². The molecule has 1 heterocycles. The second-order valence-corrected chi connectivity index (χ2v) is 6.48. The van der Waals surface area contributed by atoms with Crippen molar-refractivity contribution in [3.63, 3.8) is 0 Å². The molecule has 0 atom stereocenters. The maximum Gasteiger partial charge on any atom is 0.299 e. The third kappa shape index (κ3) is 4.29. The zero-order valence-corrected chi connectivity index (χ0v) is 16.2. The zero-order chi connectivity index (χ0) is 21.8. The second kappa shape index (κ2) is 8.47. The van der Waals surface area contributed by atoms with Gasteiger partial charge in [-0.25, -0.2) is 0 Å². The SMILES string of the molecule is COc1ccc2[nH]cc(CCNc3cc(NC(C)=O)c([N+](=O)[O-])cc3[N+](=O)[O-])c2c1. The molecule has 1 amide bonds. The molecule has 0 saturated heterocycles. The molecule has 2 aromatic carbocycles. The molecule has 0 unspecified atom stereocenters. The van der Waals surface area contributed by atoms with Gasteiger partial charge >= 0.3 is 0 Å². The Balaban J connectivity index is 1.86. The lowest BCUT2D eigenvalue weighted by Gasteiger charge is -2.10. The molecule has 0 fully saturated rings. The van der Waals surface area contributed by atoms with E-state index in [1.165, 1.54) is 13.0 Å². The zero-order valence-electron chi connectivity index (χ0n) is 16.2. The summed E-state index contributed by atoms with van der Waals surface area (Å²) in [5, 5.41) is 28.9. The highest BCUT2D eigenvalue weighted by Crippen LogP contribution is 2.36. The number of aromatic nitrogens is 1. The first-order chi connectivity index (χ1) is 14.3. The van der Waals surface area contributed by atoms with Gasteiger partial charge in [-0.3, -0.25) is 25.0 Å². The molecule has 11 nitrogen and oxygen atoms in total. The van der Waals surface area contributed by atoms with Crippen molar-refractivity contribution in [1.82, 2.24) is 4.98 Å². The van der Waals surface area contributed by atoms with Crippen LogP contribution in [-0.2, 0) is 11.2 Å². The van der Waals surface area contributed by atoms with Gasteiger partial charge in [-0.05, 0) is 36.2 Å². The first kappa shape index (κ1) is 20.6. The van der Waals surface area contributed by atoms with Crippen LogP contribution in [0, 0.1) is 20.2 Å². The minimum atomic E-state index is -0.776. The van der Waals surface area contributed by atoms with E-state index in [2.05, 4.69) is 15.6 Å². The second-order valence-electron chi connectivity index (χ2n) is 6.48. The maximum absolute atomic E-state index is 11.4. The van der Waals surface area contributed by atoms with E-state index in [4.69, 9.17) is 4.74 Å². The number of fused-ring (bicyclic) bond motifs is 1. The summed E-state index contributed by atoms with van der Waals surface area (Å²) >= 11 is 0. The Bertz CT molecular complexity index is 1140. The average molecular weight is 413 g/mol. The minimum absolute atomic E-state index is 0.0757. The van der Waals surface area contributed by atoms with Crippen molar-refractivity contribution in [3.05, 3.63) is 62.3 Å². The third-order valence-electron chi connectivity index (χ3n) is 4.50. The number of aromatic amines is 1. The van der Waals surface area contributed by atoms with Crippen LogP contribution in [0.25, 0.3) is 10.9 Å². The molecular formula is C19H19N5O6. The number of ether oxygens (including phenoxy) is 1. The first-order valence-corrected chi connectivity index (χ1v) is 8.92. The van der Waals surface area contributed by atoms with Crippen molar-refractivity contribution in [2.24, 2.45) is 0 Å². The van der Waals surface area contributed by atoms with Gasteiger partial charge in [0.15, 0.2) is 0 Å². The fourth-order valence-corrected chi connectivity index (χ4v) is 3.13. The summed E-state index contributed by atoms with van der Waals surface area (Å²) < 4.78 is 5.24. The fraction of sp³-hybridized carbons (Fsp3) is 0.211. The number of hydrogen-bond acceptors (Lipinski definition) is 7. The van der Waals surface area contributed by atoms with Crippen molar-refractivity contribution >= 4 is 39.6 Å². The molecule has 0 spiro atoms. The van der Waals surface area contributed by atoms with E-state index in [0.29, 0.717) is 18.7 Å². The molecule has 0 aliphatic rings. The van der Waals surface area contributed by atoms with Crippen LogP contribution in [0.15, 0.2) is 36.5 Å². The summed E-state index contributed by atoms with van der Waals surface area (Å²) in [7, 11) is 1.58. The predicted molar refractivity (Wildman–Crippen MR) is 111 cm³/mol. The Morgan fingerprint density at radius 1 is 1.10 bits per heavy atom. The van der Waals surface area contributed by atoms with Gasteiger partial charge in [-0.15, -0.1) is 0 Å². The van der Waals surface area contributed by atoms with Crippen molar-refractivity contribution < 1.29 is 19.4 Å². The number of amides is 1. The molecule has 156 valence electrons. The molecular weight excluding hydrogens is 394 g/mol. The number of anilines is 2. The molecule has 0 bridgehead atoms. The lowest BCUT2D eigenvalue weighted by Crippen LogP contribution is -2.11. The number of carbonyl (C=O) groups excluding carboxylic acids is 1. The van der Waals surface area contributed by atoms with Gasteiger partial charge in [-0.1, -0.05) is 0 Å². The lowest BCUT2D eigenvalue weighted by atomic mass is 10.1. The van der Waals surface area contributed by atoms with E-state index >= 15 is 0 Å². The largest absolute Gasteiger partial charge is 0.497 e. The summed E-state index contributed by atoms with van der Waals surface area (Å²) in [6, 6.07) is 7.67. The molecule has 0 saturated carbocycles. The number of H-pyrrole nitrogens is 1. The van der Waals surface area contributed by atoms with E-state index in [1.807, 2.05) is 24.4 Å². The highest BCUT2D eigenvalue weighted by Gasteiger charge is 2.25. The van der Waals surface area contributed by atoms with Gasteiger partial charge in [0, 0.05) is 30.6 Å². The van der Waals surface area contributed by atoms with Crippen LogP contribution in [-0.4, -0.2) is 34.4 Å². The predicted octanol–water partition coefficient (Wildman–Crippen LogP) is 3.61. The van der Waals surface area contributed by atoms with E-state index in [0.717, 1.165) is 22.5 Å². The smallest absolute Gasteiger partial charge is 0.299 e. The van der Waals surface area contributed by atoms with E-state index in [1.54, 1.807) is 7.11 Å². The monoisotopic (exact) mass is 413 g/mol. The van der Waals surface area contributed by atoms with Crippen molar-refractivity contribution in [1.29, 1.82) is 0 Å². The summed E-state index contributed by atoms with van der Waals surface area (Å²) in [4.78, 5) is 35.7. The van der Waals surface area contributed by atoms with Crippen molar-refractivity contribution in [2.75, 3.05) is 24.3 Å². The number of methoxy groups -OCH3 is 1. The topological polar surface area (TPSA) is 152 Å². The Morgan fingerprint density at radius 3 is 2.43 bits per heavy atom. The minimum Gasteiger partial charge on any atom is -0.497 e. The van der Waals surface area contributed by atoms with Crippen LogP contribution >= 0.6 is 0 Å². The number of nitro groups is 2. The fourth-order valence-electron chi connectivity index (χ4n) is 3.13. The number of nitrogens with zero attached hydrogens (tertiary/aromatic N) is 2. The number of carbonyl (C=O) groups is 1. The number of nitro benzene ring substituents is 2. The molecule has 3 aromatic rings. The van der Waals surface area contributed by atoms with Crippen LogP contribution in [0.5, 0.6) is 5.75 Å². The van der Waals surface area contributed by atoms with E-state index in [9.17, 15) is 25.0 Å². The quantitative estimate of drug-likeness (QED) is 0.377. The maximum atomic E-state index is 11.4. The van der Waals surface area contributed by atoms with Gasteiger partial charge in [0.05, 0.1) is 23.0 Å². The van der Waals surface area contributed by atoms with E-state index in [-0.39, 0.29) is 11.4 Å².